The Hall–Kier alpha value is -3.28. The lowest BCUT2D eigenvalue weighted by atomic mass is 9.58. The fourth-order valence-electron chi connectivity index (χ4n) is 5.19. The zero-order valence-corrected chi connectivity index (χ0v) is 18.3. The Labute approximate surface area is 185 Å². The summed E-state index contributed by atoms with van der Waals surface area (Å²) >= 11 is 0. The zero-order chi connectivity index (χ0) is 23.3. The first kappa shape index (κ1) is 21.9. The highest BCUT2D eigenvalue weighted by Gasteiger charge is 2.46. The quantitative estimate of drug-likeness (QED) is 0.639. The number of benzene rings is 2. The van der Waals surface area contributed by atoms with Gasteiger partial charge in [-0.05, 0) is 41.8 Å². The molecule has 2 aliphatic rings. The minimum absolute atomic E-state index is 0.128. The fraction of sp³-hybridized carbons (Fsp3) is 0.308. The monoisotopic (exact) mass is 437 g/mol. The van der Waals surface area contributed by atoms with Gasteiger partial charge < -0.3 is 10.0 Å². The van der Waals surface area contributed by atoms with Crippen LogP contribution < -0.4 is 0 Å². The summed E-state index contributed by atoms with van der Waals surface area (Å²) in [7, 11) is 0. The summed E-state index contributed by atoms with van der Waals surface area (Å²) in [5.41, 5.74) is 2.75. The van der Waals surface area contributed by atoms with E-state index >= 15 is 0 Å². The summed E-state index contributed by atoms with van der Waals surface area (Å²) in [4.78, 5) is 25.7. The van der Waals surface area contributed by atoms with E-state index < -0.39 is 23.5 Å². The van der Waals surface area contributed by atoms with Gasteiger partial charge in [-0.15, -0.1) is 0 Å². The molecule has 1 heterocycles. The number of fused-ring (bicyclic) bond motifs is 1. The highest BCUT2D eigenvalue weighted by molar-refractivity contribution is 5.95. The van der Waals surface area contributed by atoms with E-state index in [1.54, 1.807) is 17.0 Å². The molecular weight excluding hydrogens is 412 g/mol. The number of carbonyl (C=O) groups is 2. The van der Waals surface area contributed by atoms with E-state index in [0.29, 0.717) is 19.5 Å². The molecule has 0 spiro atoms. The van der Waals surface area contributed by atoms with Gasteiger partial charge in [0.05, 0.1) is 11.1 Å². The van der Waals surface area contributed by atoms with Gasteiger partial charge in [0, 0.05) is 30.0 Å². The Morgan fingerprint density at radius 3 is 2.31 bits per heavy atom. The molecule has 1 aliphatic carbocycles. The molecule has 1 atom stereocenters. The molecule has 32 heavy (non-hydrogen) atoms. The number of allylic oxidation sites excluding steroid dienone is 2. The van der Waals surface area contributed by atoms with Crippen LogP contribution in [0.5, 0.6) is 0 Å². The third-order valence-corrected chi connectivity index (χ3v) is 6.70. The lowest BCUT2D eigenvalue weighted by Crippen LogP contribution is -2.48. The molecule has 166 valence electrons. The molecule has 1 N–H and O–H groups in total. The van der Waals surface area contributed by atoms with E-state index in [0.717, 1.165) is 23.3 Å². The van der Waals surface area contributed by atoms with Crippen molar-refractivity contribution >= 4 is 17.4 Å². The highest BCUT2D eigenvalue weighted by atomic mass is 19.1. The molecule has 1 aliphatic heterocycles. The third-order valence-electron chi connectivity index (χ3n) is 6.70. The maximum atomic E-state index is 14.2. The zero-order valence-electron chi connectivity index (χ0n) is 18.3. The molecule has 1 amide bonds. The van der Waals surface area contributed by atoms with Crippen LogP contribution in [0.15, 0.2) is 60.2 Å². The second kappa shape index (κ2) is 7.69. The van der Waals surface area contributed by atoms with Crippen molar-refractivity contribution in [2.75, 3.05) is 13.1 Å². The second-order valence-electron chi connectivity index (χ2n) is 9.32. The number of halogens is 2. The predicted molar refractivity (Wildman–Crippen MR) is 118 cm³/mol. The number of rotatable bonds is 3. The summed E-state index contributed by atoms with van der Waals surface area (Å²) < 4.78 is 27.4. The number of hydrogen-bond acceptors (Lipinski definition) is 2. The third kappa shape index (κ3) is 3.64. The number of aromatic carboxylic acids is 1. The second-order valence-corrected chi connectivity index (χ2v) is 9.32. The van der Waals surface area contributed by atoms with Crippen molar-refractivity contribution in [3.8, 4) is 0 Å². The Morgan fingerprint density at radius 1 is 1.00 bits per heavy atom. The Bertz CT molecular complexity index is 1160. The number of carboxylic acids is 1. The van der Waals surface area contributed by atoms with E-state index in [1.165, 1.54) is 11.6 Å². The van der Waals surface area contributed by atoms with Gasteiger partial charge in [0.1, 0.15) is 11.6 Å². The maximum absolute atomic E-state index is 14.2. The molecule has 2 aromatic rings. The molecule has 0 fully saturated rings. The first-order chi connectivity index (χ1) is 15.0. The molecule has 0 saturated heterocycles. The SMILES string of the molecule is CC1(C)C(c2ccc(C(=O)O)cc2)=CC[C@]2(C)CN(C(=O)c3ccc(F)cc3F)CC=C12. The van der Waals surface area contributed by atoms with E-state index in [4.69, 9.17) is 5.11 Å². The lowest BCUT2D eigenvalue weighted by molar-refractivity contribution is 0.0674. The van der Waals surface area contributed by atoms with Crippen molar-refractivity contribution in [2.45, 2.75) is 27.2 Å². The molecule has 2 aromatic carbocycles. The molecule has 4 rings (SSSR count). The topological polar surface area (TPSA) is 57.6 Å². The van der Waals surface area contributed by atoms with Gasteiger partial charge in [-0.3, -0.25) is 4.79 Å². The number of nitrogens with zero attached hydrogens (tertiary/aromatic N) is 1. The van der Waals surface area contributed by atoms with Crippen molar-refractivity contribution in [1.82, 2.24) is 4.90 Å². The van der Waals surface area contributed by atoms with Gasteiger partial charge >= 0.3 is 5.97 Å². The summed E-state index contributed by atoms with van der Waals surface area (Å²) in [6.07, 6.45) is 4.88. The first-order valence-electron chi connectivity index (χ1n) is 10.5. The predicted octanol–water partition coefficient (Wildman–Crippen LogP) is 5.57. The Kier molecular flexibility index (Phi) is 5.27. The summed E-state index contributed by atoms with van der Waals surface area (Å²) in [6.45, 7) is 7.13. The molecule has 4 nitrogen and oxygen atoms in total. The molecule has 0 radical (unpaired) electrons. The van der Waals surface area contributed by atoms with Crippen LogP contribution in [0.25, 0.3) is 5.57 Å². The van der Waals surface area contributed by atoms with Gasteiger partial charge in [0.15, 0.2) is 0 Å². The minimum atomic E-state index is -0.960. The van der Waals surface area contributed by atoms with E-state index in [2.05, 4.69) is 26.8 Å². The van der Waals surface area contributed by atoms with Gasteiger partial charge in [0.2, 0.25) is 0 Å². The van der Waals surface area contributed by atoms with Gasteiger partial charge in [-0.1, -0.05) is 50.6 Å². The van der Waals surface area contributed by atoms with Gasteiger partial charge in [-0.25, -0.2) is 13.6 Å². The highest BCUT2D eigenvalue weighted by Crippen LogP contribution is 2.55. The number of carbonyl (C=O) groups excluding carboxylic acids is 1. The number of amides is 1. The first-order valence-corrected chi connectivity index (χ1v) is 10.5. The smallest absolute Gasteiger partial charge is 0.335 e. The Balaban J connectivity index is 1.63. The van der Waals surface area contributed by atoms with Crippen LogP contribution in [0.2, 0.25) is 0 Å². The molecule has 0 bridgehead atoms. The van der Waals surface area contributed by atoms with E-state index in [9.17, 15) is 18.4 Å². The van der Waals surface area contributed by atoms with E-state index in [1.807, 2.05) is 18.2 Å². The van der Waals surface area contributed by atoms with Gasteiger partial charge in [-0.2, -0.15) is 0 Å². The van der Waals surface area contributed by atoms with Crippen molar-refractivity contribution in [1.29, 1.82) is 0 Å². The van der Waals surface area contributed by atoms with Crippen LogP contribution in [0, 0.1) is 22.5 Å². The standard InChI is InChI=1S/C26H25F2NO3/c1-25(2)20(16-4-6-17(7-5-16)24(31)32)10-12-26(3)15-29(13-11-22(25)26)23(30)19-9-8-18(27)14-21(19)28/h4-11,14H,12-13,15H2,1-3H3,(H,31,32)/t26-/m1/s1. The van der Waals surface area contributed by atoms with Crippen LogP contribution in [0.3, 0.4) is 0 Å². The summed E-state index contributed by atoms with van der Waals surface area (Å²) in [5, 5.41) is 9.16. The van der Waals surface area contributed by atoms with Crippen molar-refractivity contribution in [3.05, 3.63) is 88.5 Å². The van der Waals surface area contributed by atoms with Crippen LogP contribution in [-0.4, -0.2) is 35.0 Å². The summed E-state index contributed by atoms with van der Waals surface area (Å²) in [6, 6.07) is 9.89. The normalized spacial score (nSPS) is 22.0. The lowest BCUT2D eigenvalue weighted by Gasteiger charge is -2.50. The average molecular weight is 437 g/mol. The van der Waals surface area contributed by atoms with Crippen molar-refractivity contribution in [3.63, 3.8) is 0 Å². The van der Waals surface area contributed by atoms with Gasteiger partial charge in [0.25, 0.3) is 5.91 Å². The largest absolute Gasteiger partial charge is 0.478 e. The van der Waals surface area contributed by atoms with E-state index in [-0.39, 0.29) is 22.0 Å². The molecule has 0 aromatic heterocycles. The molecule has 0 unspecified atom stereocenters. The van der Waals surface area contributed by atoms with Crippen LogP contribution in [0.1, 0.15) is 53.5 Å². The maximum Gasteiger partial charge on any atom is 0.335 e. The van der Waals surface area contributed by atoms with Crippen molar-refractivity contribution in [2.24, 2.45) is 10.8 Å². The van der Waals surface area contributed by atoms with Crippen LogP contribution in [0.4, 0.5) is 8.78 Å². The minimum Gasteiger partial charge on any atom is -0.478 e. The molecule has 0 saturated carbocycles. The number of carboxylic acid groups (broad SMARTS) is 1. The Morgan fingerprint density at radius 2 is 1.69 bits per heavy atom. The average Bonchev–Trinajstić information content (AvgIpc) is 2.72. The molecular formula is C26H25F2NO3. The number of hydrogen-bond donors (Lipinski definition) is 1. The van der Waals surface area contributed by atoms with Crippen LogP contribution in [-0.2, 0) is 0 Å². The summed E-state index contributed by atoms with van der Waals surface area (Å²) in [5.74, 6) is -2.98. The van der Waals surface area contributed by atoms with Crippen molar-refractivity contribution < 1.29 is 23.5 Å². The van der Waals surface area contributed by atoms with Crippen LogP contribution >= 0.6 is 0 Å². The fourth-order valence-corrected chi connectivity index (χ4v) is 5.19. The molecule has 6 heteroatoms.